The number of aryl methyl sites for hydroxylation is 1. The molecule has 1 amide bonds. The molecule has 2 aromatic carbocycles. The van der Waals surface area contributed by atoms with Crippen LogP contribution in [0, 0.1) is 0 Å². The van der Waals surface area contributed by atoms with Crippen molar-refractivity contribution in [2.24, 2.45) is 0 Å². The topological polar surface area (TPSA) is 106 Å². The lowest BCUT2D eigenvalue weighted by Crippen LogP contribution is -2.38. The number of H-pyrrole nitrogens is 1. The Morgan fingerprint density at radius 3 is 2.77 bits per heavy atom. The zero-order chi connectivity index (χ0) is 24.8. The molecule has 2 N–H and O–H groups in total. The van der Waals surface area contributed by atoms with E-state index in [1.54, 1.807) is 25.1 Å². The number of carbonyl (C=O) groups is 1. The smallest absolute Gasteiger partial charge is 0.316 e. The SMILES string of the molecule is CCn1c(=O)c(=O)[nH]c2cc(C(=O)NCc3cccc(OCCN(C)C4CCOCC4)c3)ccc21. The molecule has 1 aliphatic heterocycles. The van der Waals surface area contributed by atoms with Crippen LogP contribution in [0.4, 0.5) is 0 Å². The van der Waals surface area contributed by atoms with Crippen LogP contribution in [0.3, 0.4) is 0 Å². The monoisotopic (exact) mass is 480 g/mol. The first-order chi connectivity index (χ1) is 17.0. The van der Waals surface area contributed by atoms with E-state index in [9.17, 15) is 14.4 Å². The molecular formula is C26H32N4O5. The van der Waals surface area contributed by atoms with Crippen molar-refractivity contribution in [3.8, 4) is 5.75 Å². The molecule has 0 unspecified atom stereocenters. The van der Waals surface area contributed by atoms with E-state index >= 15 is 0 Å². The van der Waals surface area contributed by atoms with E-state index in [0.717, 1.165) is 43.9 Å². The molecule has 1 aromatic heterocycles. The summed E-state index contributed by atoms with van der Waals surface area (Å²) in [6.45, 7) is 5.56. The van der Waals surface area contributed by atoms with Crippen LogP contribution >= 0.6 is 0 Å². The summed E-state index contributed by atoms with van der Waals surface area (Å²) in [6.07, 6.45) is 2.11. The van der Waals surface area contributed by atoms with Crippen molar-refractivity contribution in [3.05, 3.63) is 74.3 Å². The number of hydrogen-bond acceptors (Lipinski definition) is 6. The van der Waals surface area contributed by atoms with Gasteiger partial charge in [0.15, 0.2) is 0 Å². The maximum Gasteiger partial charge on any atom is 0.316 e. The van der Waals surface area contributed by atoms with Crippen molar-refractivity contribution in [1.29, 1.82) is 0 Å². The Morgan fingerprint density at radius 2 is 2.00 bits per heavy atom. The Labute approximate surface area is 203 Å². The third-order valence-electron chi connectivity index (χ3n) is 6.43. The van der Waals surface area contributed by atoms with Crippen LogP contribution in [0.25, 0.3) is 11.0 Å². The summed E-state index contributed by atoms with van der Waals surface area (Å²) in [6, 6.07) is 13.1. The standard InChI is InChI=1S/C26H32N4O5/c1-3-30-23-8-7-19(16-22(23)28-25(32)26(30)33)24(31)27-17-18-5-4-6-21(15-18)35-14-11-29(2)20-9-12-34-13-10-20/h4-8,15-16,20H,3,9-14,17H2,1-2H3,(H,27,31)(H,28,32). The molecule has 186 valence electrons. The van der Waals surface area contributed by atoms with Gasteiger partial charge in [0.1, 0.15) is 12.4 Å². The first kappa shape index (κ1) is 24.7. The van der Waals surface area contributed by atoms with Gasteiger partial charge in [0.25, 0.3) is 5.91 Å². The number of rotatable bonds is 9. The molecule has 1 aliphatic rings. The third kappa shape index (κ3) is 5.98. The number of likely N-dealkylation sites (N-methyl/N-ethyl adjacent to an activating group) is 1. The van der Waals surface area contributed by atoms with E-state index in [1.807, 2.05) is 24.3 Å². The molecule has 0 aliphatic carbocycles. The van der Waals surface area contributed by atoms with Gasteiger partial charge in [-0.1, -0.05) is 12.1 Å². The van der Waals surface area contributed by atoms with Crippen molar-refractivity contribution in [3.63, 3.8) is 0 Å². The predicted octanol–water partition coefficient (Wildman–Crippen LogP) is 2.13. The van der Waals surface area contributed by atoms with Crippen LogP contribution in [-0.4, -0.2) is 59.8 Å². The number of nitrogens with zero attached hydrogens (tertiary/aromatic N) is 2. The van der Waals surface area contributed by atoms with Gasteiger partial charge in [-0.25, -0.2) is 0 Å². The predicted molar refractivity (Wildman–Crippen MR) is 134 cm³/mol. The van der Waals surface area contributed by atoms with Gasteiger partial charge in [-0.3, -0.25) is 19.3 Å². The molecule has 1 fully saturated rings. The number of nitrogens with one attached hydrogen (secondary N) is 2. The molecule has 3 aromatic rings. The highest BCUT2D eigenvalue weighted by molar-refractivity contribution is 5.97. The minimum atomic E-state index is -0.701. The minimum Gasteiger partial charge on any atom is -0.492 e. The maximum absolute atomic E-state index is 12.7. The van der Waals surface area contributed by atoms with Gasteiger partial charge in [-0.2, -0.15) is 0 Å². The van der Waals surface area contributed by atoms with E-state index in [4.69, 9.17) is 9.47 Å². The zero-order valence-corrected chi connectivity index (χ0v) is 20.2. The Balaban J connectivity index is 1.34. The number of ether oxygens (including phenoxy) is 2. The lowest BCUT2D eigenvalue weighted by Gasteiger charge is -2.31. The fourth-order valence-electron chi connectivity index (χ4n) is 4.38. The maximum atomic E-state index is 12.7. The second-order valence-electron chi connectivity index (χ2n) is 8.74. The van der Waals surface area contributed by atoms with Crippen molar-refractivity contribution in [1.82, 2.24) is 19.8 Å². The number of aromatic amines is 1. The Kier molecular flexibility index (Phi) is 7.99. The molecule has 1 saturated heterocycles. The van der Waals surface area contributed by atoms with Crippen LogP contribution in [0.2, 0.25) is 0 Å². The van der Waals surface area contributed by atoms with E-state index < -0.39 is 11.1 Å². The summed E-state index contributed by atoms with van der Waals surface area (Å²) in [5.41, 5.74) is 1.05. The lowest BCUT2D eigenvalue weighted by molar-refractivity contribution is 0.0392. The lowest BCUT2D eigenvalue weighted by atomic mass is 10.1. The summed E-state index contributed by atoms with van der Waals surface area (Å²) in [5, 5.41) is 2.90. The molecule has 9 heteroatoms. The van der Waals surface area contributed by atoms with Crippen molar-refractivity contribution < 1.29 is 14.3 Å². The average molecular weight is 481 g/mol. The molecule has 0 bridgehead atoms. The van der Waals surface area contributed by atoms with Gasteiger partial charge < -0.3 is 24.3 Å². The van der Waals surface area contributed by atoms with Crippen LogP contribution in [0.5, 0.6) is 5.75 Å². The summed E-state index contributed by atoms with van der Waals surface area (Å²) in [4.78, 5) is 41.6. The molecule has 0 saturated carbocycles. The van der Waals surface area contributed by atoms with Crippen molar-refractivity contribution in [2.75, 3.05) is 33.4 Å². The Morgan fingerprint density at radius 1 is 1.20 bits per heavy atom. The highest BCUT2D eigenvalue weighted by Gasteiger charge is 2.18. The summed E-state index contributed by atoms with van der Waals surface area (Å²) in [7, 11) is 2.12. The van der Waals surface area contributed by atoms with E-state index in [0.29, 0.717) is 42.3 Å². The van der Waals surface area contributed by atoms with E-state index in [2.05, 4.69) is 22.2 Å². The summed E-state index contributed by atoms with van der Waals surface area (Å²) < 4.78 is 12.8. The van der Waals surface area contributed by atoms with E-state index in [-0.39, 0.29) is 5.91 Å². The molecule has 0 spiro atoms. The van der Waals surface area contributed by atoms with Gasteiger partial charge in [0, 0.05) is 44.5 Å². The molecule has 0 atom stereocenters. The zero-order valence-electron chi connectivity index (χ0n) is 20.2. The second-order valence-corrected chi connectivity index (χ2v) is 8.74. The quantitative estimate of drug-likeness (QED) is 0.455. The fraction of sp³-hybridized carbons (Fsp3) is 0.423. The van der Waals surface area contributed by atoms with Gasteiger partial charge in [-0.05, 0) is 62.7 Å². The van der Waals surface area contributed by atoms with E-state index in [1.165, 1.54) is 4.57 Å². The number of hydrogen-bond donors (Lipinski definition) is 2. The summed E-state index contributed by atoms with van der Waals surface area (Å²) >= 11 is 0. The molecule has 4 rings (SSSR count). The third-order valence-corrected chi connectivity index (χ3v) is 6.43. The Hall–Kier alpha value is -3.43. The van der Waals surface area contributed by atoms with Gasteiger partial charge in [-0.15, -0.1) is 0 Å². The number of fused-ring (bicyclic) bond motifs is 1. The number of aromatic nitrogens is 2. The first-order valence-electron chi connectivity index (χ1n) is 12.0. The average Bonchev–Trinajstić information content (AvgIpc) is 2.88. The molecule has 0 radical (unpaired) electrons. The normalized spacial score (nSPS) is 14.4. The fourth-order valence-corrected chi connectivity index (χ4v) is 4.38. The first-order valence-corrected chi connectivity index (χ1v) is 12.0. The molecular weight excluding hydrogens is 448 g/mol. The summed E-state index contributed by atoms with van der Waals surface area (Å²) in [5.74, 6) is 0.490. The highest BCUT2D eigenvalue weighted by Crippen LogP contribution is 2.16. The number of benzene rings is 2. The van der Waals surface area contributed by atoms with Crippen molar-refractivity contribution >= 4 is 16.9 Å². The van der Waals surface area contributed by atoms with Gasteiger partial charge >= 0.3 is 11.1 Å². The van der Waals surface area contributed by atoms with Crippen LogP contribution in [0.1, 0.15) is 35.7 Å². The van der Waals surface area contributed by atoms with Crippen LogP contribution < -0.4 is 21.2 Å². The van der Waals surface area contributed by atoms with Crippen LogP contribution in [0.15, 0.2) is 52.1 Å². The van der Waals surface area contributed by atoms with Crippen LogP contribution in [-0.2, 0) is 17.8 Å². The minimum absolute atomic E-state index is 0.272. The van der Waals surface area contributed by atoms with Gasteiger partial charge in [0.05, 0.1) is 11.0 Å². The molecule has 9 nitrogen and oxygen atoms in total. The molecule has 35 heavy (non-hydrogen) atoms. The highest BCUT2D eigenvalue weighted by atomic mass is 16.5. The largest absolute Gasteiger partial charge is 0.492 e. The van der Waals surface area contributed by atoms with Gasteiger partial charge in [0.2, 0.25) is 0 Å². The second kappa shape index (κ2) is 11.3. The van der Waals surface area contributed by atoms with Crippen molar-refractivity contribution in [2.45, 2.75) is 38.9 Å². The molecule has 2 heterocycles. The number of carbonyl (C=O) groups excluding carboxylic acids is 1. The number of amides is 1. The Bertz CT molecular complexity index is 1290.